The zero-order valence-electron chi connectivity index (χ0n) is 13.9. The second-order valence-corrected chi connectivity index (χ2v) is 7.23. The topological polar surface area (TPSA) is 50.5 Å². The normalized spacial score (nSPS) is 18.2. The summed E-state index contributed by atoms with van der Waals surface area (Å²) in [6.45, 7) is 5.68. The van der Waals surface area contributed by atoms with Crippen LogP contribution in [0.1, 0.15) is 46.5 Å². The fourth-order valence-electron chi connectivity index (χ4n) is 3.56. The van der Waals surface area contributed by atoms with E-state index in [1.165, 1.54) is 10.5 Å². The molecule has 1 aliphatic rings. The molecule has 4 heterocycles. The van der Waals surface area contributed by atoms with Crippen LogP contribution in [0.4, 0.5) is 0 Å². The predicted molar refractivity (Wildman–Crippen MR) is 94.7 cm³/mol. The summed E-state index contributed by atoms with van der Waals surface area (Å²) in [5.74, 6) is 1.36. The number of piperidine rings is 1. The van der Waals surface area contributed by atoms with Gasteiger partial charge in [-0.25, -0.2) is 4.98 Å². The third-order valence-corrected chi connectivity index (χ3v) is 5.78. The lowest BCUT2D eigenvalue weighted by Gasteiger charge is -2.31. The van der Waals surface area contributed by atoms with E-state index in [4.69, 9.17) is 4.98 Å². The highest BCUT2D eigenvalue weighted by molar-refractivity contribution is 7.15. The van der Waals surface area contributed by atoms with Gasteiger partial charge in [0.15, 0.2) is 0 Å². The van der Waals surface area contributed by atoms with Crippen molar-refractivity contribution < 1.29 is 4.79 Å². The van der Waals surface area contributed by atoms with Gasteiger partial charge in [0.25, 0.3) is 5.91 Å². The Balaban J connectivity index is 1.62. The first-order chi connectivity index (χ1) is 11.6. The number of rotatable bonds is 2. The van der Waals surface area contributed by atoms with Crippen LogP contribution in [0.25, 0.3) is 4.83 Å². The molecule has 0 radical (unpaired) electrons. The number of pyridine rings is 1. The number of aryl methyl sites for hydroxylation is 2. The van der Waals surface area contributed by atoms with E-state index in [-0.39, 0.29) is 5.91 Å². The van der Waals surface area contributed by atoms with Gasteiger partial charge >= 0.3 is 0 Å². The smallest absolute Gasteiger partial charge is 0.272 e. The number of nitrogens with zero attached hydrogens (tertiary/aromatic N) is 4. The summed E-state index contributed by atoms with van der Waals surface area (Å²) in [6.07, 6.45) is 3.76. The van der Waals surface area contributed by atoms with E-state index in [2.05, 4.69) is 28.6 Å². The molecule has 0 bridgehead atoms. The molecule has 6 heteroatoms. The fourth-order valence-corrected chi connectivity index (χ4v) is 4.66. The Morgan fingerprint density at radius 1 is 1.33 bits per heavy atom. The van der Waals surface area contributed by atoms with Gasteiger partial charge in [0, 0.05) is 36.3 Å². The second-order valence-electron chi connectivity index (χ2n) is 6.37. The first-order valence-corrected chi connectivity index (χ1v) is 9.16. The molecule has 1 amide bonds. The second kappa shape index (κ2) is 6.02. The van der Waals surface area contributed by atoms with Crippen LogP contribution in [-0.2, 0) is 0 Å². The van der Waals surface area contributed by atoms with Gasteiger partial charge in [-0.2, -0.15) is 0 Å². The molecule has 5 nitrogen and oxygen atoms in total. The minimum absolute atomic E-state index is 0.0230. The molecular formula is C18H20N4OS. The van der Waals surface area contributed by atoms with Crippen molar-refractivity contribution in [1.29, 1.82) is 0 Å². The Bertz CT molecular complexity index is 883. The summed E-state index contributed by atoms with van der Waals surface area (Å²) in [7, 11) is 0. The maximum Gasteiger partial charge on any atom is 0.272 e. The van der Waals surface area contributed by atoms with Crippen molar-refractivity contribution in [3.63, 3.8) is 0 Å². The highest BCUT2D eigenvalue weighted by Gasteiger charge is 2.29. The SMILES string of the molecule is Cc1csc2c([C@H]3CCCN(C(=O)c4ccccn4)C3)nc(C)n12. The lowest BCUT2D eigenvalue weighted by Crippen LogP contribution is -2.39. The molecule has 1 fully saturated rings. The van der Waals surface area contributed by atoms with E-state index in [1.807, 2.05) is 17.0 Å². The number of imidazole rings is 1. The fraction of sp³-hybridized carbons (Fsp3) is 0.389. The van der Waals surface area contributed by atoms with Crippen LogP contribution in [0.2, 0.25) is 0 Å². The van der Waals surface area contributed by atoms with Gasteiger partial charge in [0.2, 0.25) is 0 Å². The summed E-state index contributed by atoms with van der Waals surface area (Å²) >= 11 is 1.75. The Morgan fingerprint density at radius 3 is 3.00 bits per heavy atom. The molecular weight excluding hydrogens is 320 g/mol. The zero-order valence-corrected chi connectivity index (χ0v) is 14.7. The molecule has 0 N–H and O–H groups in total. The minimum Gasteiger partial charge on any atom is -0.337 e. The summed E-state index contributed by atoms with van der Waals surface area (Å²) in [4.78, 5) is 24.9. The molecule has 0 aliphatic carbocycles. The molecule has 1 saturated heterocycles. The van der Waals surface area contributed by atoms with Crippen molar-refractivity contribution >= 4 is 22.1 Å². The van der Waals surface area contributed by atoms with Gasteiger partial charge < -0.3 is 4.90 Å². The van der Waals surface area contributed by atoms with Gasteiger partial charge in [0.1, 0.15) is 16.3 Å². The van der Waals surface area contributed by atoms with Crippen molar-refractivity contribution in [2.75, 3.05) is 13.1 Å². The summed E-state index contributed by atoms with van der Waals surface area (Å²) in [5, 5.41) is 2.17. The van der Waals surface area contributed by atoms with E-state index in [0.717, 1.165) is 37.4 Å². The van der Waals surface area contributed by atoms with Crippen molar-refractivity contribution in [2.24, 2.45) is 0 Å². The number of carbonyl (C=O) groups excluding carboxylic acids is 1. The first kappa shape index (κ1) is 15.3. The minimum atomic E-state index is 0.0230. The van der Waals surface area contributed by atoms with Gasteiger partial charge in [-0.3, -0.25) is 14.2 Å². The van der Waals surface area contributed by atoms with Crippen LogP contribution in [-0.4, -0.2) is 38.3 Å². The van der Waals surface area contributed by atoms with E-state index in [9.17, 15) is 4.79 Å². The Kier molecular flexibility index (Phi) is 3.84. The van der Waals surface area contributed by atoms with E-state index >= 15 is 0 Å². The third-order valence-electron chi connectivity index (χ3n) is 4.70. The zero-order chi connectivity index (χ0) is 16.7. The first-order valence-electron chi connectivity index (χ1n) is 8.28. The van der Waals surface area contributed by atoms with Crippen molar-refractivity contribution in [3.05, 3.63) is 52.7 Å². The van der Waals surface area contributed by atoms with Gasteiger partial charge in [-0.15, -0.1) is 11.3 Å². The van der Waals surface area contributed by atoms with Crippen LogP contribution in [0, 0.1) is 13.8 Å². The van der Waals surface area contributed by atoms with Crippen molar-refractivity contribution in [2.45, 2.75) is 32.6 Å². The Labute approximate surface area is 145 Å². The molecule has 4 rings (SSSR count). The number of aromatic nitrogens is 3. The van der Waals surface area contributed by atoms with Crippen LogP contribution < -0.4 is 0 Å². The highest BCUT2D eigenvalue weighted by Crippen LogP contribution is 2.33. The molecule has 0 saturated carbocycles. The Morgan fingerprint density at radius 2 is 2.21 bits per heavy atom. The number of hydrogen-bond donors (Lipinski definition) is 0. The molecule has 0 aromatic carbocycles. The monoisotopic (exact) mass is 340 g/mol. The molecule has 24 heavy (non-hydrogen) atoms. The largest absolute Gasteiger partial charge is 0.337 e. The van der Waals surface area contributed by atoms with E-state index in [0.29, 0.717) is 11.6 Å². The highest BCUT2D eigenvalue weighted by atomic mass is 32.1. The van der Waals surface area contributed by atoms with Gasteiger partial charge in [-0.1, -0.05) is 6.07 Å². The number of fused-ring (bicyclic) bond motifs is 1. The molecule has 3 aromatic heterocycles. The van der Waals surface area contributed by atoms with Gasteiger partial charge in [-0.05, 0) is 38.8 Å². The molecule has 1 aliphatic heterocycles. The summed E-state index contributed by atoms with van der Waals surface area (Å²) < 4.78 is 2.22. The summed E-state index contributed by atoms with van der Waals surface area (Å²) in [6, 6.07) is 5.48. The van der Waals surface area contributed by atoms with Crippen molar-refractivity contribution in [1.82, 2.24) is 19.3 Å². The lowest BCUT2D eigenvalue weighted by atomic mass is 9.95. The molecule has 1 atom stereocenters. The molecule has 124 valence electrons. The van der Waals surface area contributed by atoms with Crippen LogP contribution in [0.5, 0.6) is 0 Å². The maximum atomic E-state index is 12.7. The number of thiazole rings is 1. The van der Waals surface area contributed by atoms with Crippen LogP contribution in [0.3, 0.4) is 0 Å². The predicted octanol–water partition coefficient (Wildman–Crippen LogP) is 3.43. The molecule has 0 spiro atoms. The standard InChI is InChI=1S/C18H20N4OS/c1-12-11-24-18-16(20-13(2)22(12)18)14-6-5-9-21(10-14)17(23)15-7-3-4-8-19-15/h3-4,7-8,11,14H,5-6,9-10H2,1-2H3/t14-/m0/s1. The van der Waals surface area contributed by atoms with Crippen molar-refractivity contribution in [3.8, 4) is 0 Å². The lowest BCUT2D eigenvalue weighted by molar-refractivity contribution is 0.0700. The van der Waals surface area contributed by atoms with E-state index < -0.39 is 0 Å². The number of likely N-dealkylation sites (tertiary alicyclic amines) is 1. The average molecular weight is 340 g/mol. The maximum absolute atomic E-state index is 12.7. The number of hydrogen-bond acceptors (Lipinski definition) is 4. The van der Waals surface area contributed by atoms with Gasteiger partial charge in [0.05, 0.1) is 5.69 Å². The van der Waals surface area contributed by atoms with Crippen LogP contribution in [0.15, 0.2) is 29.8 Å². The van der Waals surface area contributed by atoms with Crippen LogP contribution >= 0.6 is 11.3 Å². The number of amides is 1. The average Bonchev–Trinajstić information content (AvgIpc) is 3.16. The quantitative estimate of drug-likeness (QED) is 0.718. The third kappa shape index (κ3) is 2.51. The molecule has 3 aromatic rings. The Hall–Kier alpha value is -2.21. The number of carbonyl (C=O) groups is 1. The van der Waals surface area contributed by atoms with E-state index in [1.54, 1.807) is 23.6 Å². The summed E-state index contributed by atoms with van der Waals surface area (Å²) in [5.41, 5.74) is 2.89. The molecule has 0 unspecified atom stereocenters.